The predicted octanol–water partition coefficient (Wildman–Crippen LogP) is 3.01. The summed E-state index contributed by atoms with van der Waals surface area (Å²) in [7, 11) is 0. The number of hydrogen-bond donors (Lipinski definition) is 1. The van der Waals surface area contributed by atoms with Gasteiger partial charge in [-0.05, 0) is 54.0 Å². The predicted molar refractivity (Wildman–Crippen MR) is 108 cm³/mol. The molecule has 0 saturated carbocycles. The molecule has 2 aromatic heterocycles. The maximum absolute atomic E-state index is 11.5. The van der Waals surface area contributed by atoms with Crippen molar-refractivity contribution in [3.63, 3.8) is 0 Å². The molecule has 1 aliphatic rings. The highest BCUT2D eigenvalue weighted by molar-refractivity contribution is 5.77. The molecule has 1 N–H and O–H groups in total. The first-order chi connectivity index (χ1) is 13.7. The van der Waals surface area contributed by atoms with Crippen LogP contribution < -0.4 is 4.74 Å². The summed E-state index contributed by atoms with van der Waals surface area (Å²) in [6, 6.07) is 12.0. The normalized spacial score (nSPS) is 14.2. The molecule has 3 aromatic rings. The van der Waals surface area contributed by atoms with E-state index in [1.807, 2.05) is 41.6 Å². The van der Waals surface area contributed by atoms with Crippen molar-refractivity contribution in [1.29, 1.82) is 0 Å². The molecule has 0 radical (unpaired) electrons. The van der Waals surface area contributed by atoms with Crippen molar-refractivity contribution in [2.75, 3.05) is 26.3 Å². The minimum atomic E-state index is 0.000558. The maximum atomic E-state index is 11.5. The fourth-order valence-electron chi connectivity index (χ4n) is 3.50. The number of aliphatic hydroxyl groups excluding tert-OH is 1. The Morgan fingerprint density at radius 1 is 1.21 bits per heavy atom. The number of ether oxygens (including phenoxy) is 1. The Bertz CT molecular complexity index is 1020. The number of rotatable bonds is 5. The molecule has 0 spiro atoms. The lowest BCUT2D eigenvalue weighted by atomic mass is 10.0. The van der Waals surface area contributed by atoms with Gasteiger partial charge in [-0.1, -0.05) is 6.08 Å². The second-order valence-electron chi connectivity index (χ2n) is 6.83. The average molecular weight is 377 g/mol. The zero-order valence-corrected chi connectivity index (χ0v) is 15.8. The first-order valence-electron chi connectivity index (χ1n) is 9.42. The van der Waals surface area contributed by atoms with E-state index >= 15 is 0 Å². The van der Waals surface area contributed by atoms with Crippen molar-refractivity contribution in [3.05, 3.63) is 60.4 Å². The molecule has 0 fully saturated rings. The standard InChI is InChI=1S/C22H23N3O3/c1-16(27)24-9-6-17(7-10-24)19-8-11-25-21(15-23-22(25)14-19)18-2-4-20(5-3-18)28-13-12-26/h2-6,8,11,14-15,26H,7,9-10,12-13H2,1H3. The van der Waals surface area contributed by atoms with Crippen LogP contribution in [-0.2, 0) is 4.79 Å². The Kier molecular flexibility index (Phi) is 5.12. The largest absolute Gasteiger partial charge is 0.491 e. The van der Waals surface area contributed by atoms with Crippen LogP contribution in [0.15, 0.2) is 54.9 Å². The molecule has 28 heavy (non-hydrogen) atoms. The van der Waals surface area contributed by atoms with Gasteiger partial charge >= 0.3 is 0 Å². The summed E-state index contributed by atoms with van der Waals surface area (Å²) in [6.45, 7) is 3.33. The lowest BCUT2D eigenvalue weighted by molar-refractivity contribution is -0.128. The van der Waals surface area contributed by atoms with E-state index in [1.165, 1.54) is 5.57 Å². The van der Waals surface area contributed by atoms with E-state index in [0.29, 0.717) is 6.54 Å². The first kappa shape index (κ1) is 18.3. The molecule has 0 unspecified atom stereocenters. The molecule has 0 bridgehead atoms. The molecule has 6 nitrogen and oxygen atoms in total. The van der Waals surface area contributed by atoms with Gasteiger partial charge in [-0.3, -0.25) is 9.20 Å². The minimum absolute atomic E-state index is 0.000558. The number of aliphatic hydroxyl groups is 1. The van der Waals surface area contributed by atoms with Gasteiger partial charge in [0.2, 0.25) is 5.91 Å². The summed E-state index contributed by atoms with van der Waals surface area (Å²) in [5, 5.41) is 8.85. The molecule has 0 aliphatic carbocycles. The van der Waals surface area contributed by atoms with Crippen LogP contribution in [0, 0.1) is 0 Å². The van der Waals surface area contributed by atoms with Gasteiger partial charge in [-0.15, -0.1) is 0 Å². The number of hydrogen-bond acceptors (Lipinski definition) is 4. The summed E-state index contributed by atoms with van der Waals surface area (Å²) in [4.78, 5) is 17.9. The van der Waals surface area contributed by atoms with Crippen LogP contribution in [0.2, 0.25) is 0 Å². The number of nitrogens with zero attached hydrogens (tertiary/aromatic N) is 3. The summed E-state index contributed by atoms with van der Waals surface area (Å²) in [6.07, 6.45) is 6.90. The van der Waals surface area contributed by atoms with Gasteiger partial charge in [0, 0.05) is 31.8 Å². The van der Waals surface area contributed by atoms with Gasteiger partial charge in [-0.25, -0.2) is 4.98 Å². The third-order valence-corrected chi connectivity index (χ3v) is 5.05. The van der Waals surface area contributed by atoms with Crippen molar-refractivity contribution in [3.8, 4) is 17.0 Å². The number of carbonyl (C=O) groups is 1. The van der Waals surface area contributed by atoms with Crippen molar-refractivity contribution >= 4 is 17.1 Å². The lowest BCUT2D eigenvalue weighted by Crippen LogP contribution is -2.32. The molecular weight excluding hydrogens is 354 g/mol. The van der Waals surface area contributed by atoms with Crippen molar-refractivity contribution in [2.24, 2.45) is 0 Å². The molecule has 0 saturated heterocycles. The summed E-state index contributed by atoms with van der Waals surface area (Å²) >= 11 is 0. The second-order valence-corrected chi connectivity index (χ2v) is 6.83. The van der Waals surface area contributed by atoms with E-state index < -0.39 is 0 Å². The van der Waals surface area contributed by atoms with Gasteiger partial charge in [0.1, 0.15) is 18.0 Å². The number of pyridine rings is 1. The van der Waals surface area contributed by atoms with Crippen molar-refractivity contribution in [2.45, 2.75) is 13.3 Å². The maximum Gasteiger partial charge on any atom is 0.219 e. The third kappa shape index (κ3) is 3.64. The Morgan fingerprint density at radius 3 is 2.71 bits per heavy atom. The van der Waals surface area contributed by atoms with Gasteiger partial charge < -0.3 is 14.7 Å². The molecule has 144 valence electrons. The number of imidazole rings is 1. The molecule has 4 rings (SSSR count). The zero-order chi connectivity index (χ0) is 19.5. The number of amides is 1. The number of aromatic nitrogens is 2. The van der Waals surface area contributed by atoms with E-state index in [0.717, 1.165) is 41.2 Å². The van der Waals surface area contributed by atoms with Gasteiger partial charge in [0.25, 0.3) is 0 Å². The molecular formula is C22H23N3O3. The number of carbonyl (C=O) groups excluding carboxylic acids is 1. The van der Waals surface area contributed by atoms with E-state index in [9.17, 15) is 4.79 Å². The van der Waals surface area contributed by atoms with E-state index in [2.05, 4.69) is 27.6 Å². The fourth-order valence-corrected chi connectivity index (χ4v) is 3.50. The molecule has 1 amide bonds. The highest BCUT2D eigenvalue weighted by Crippen LogP contribution is 2.27. The molecule has 1 aromatic carbocycles. The Balaban J connectivity index is 1.58. The Hall–Kier alpha value is -3.12. The first-order valence-corrected chi connectivity index (χ1v) is 9.42. The van der Waals surface area contributed by atoms with Crippen molar-refractivity contribution in [1.82, 2.24) is 14.3 Å². The summed E-state index contributed by atoms with van der Waals surface area (Å²) < 4.78 is 7.48. The minimum Gasteiger partial charge on any atom is -0.491 e. The summed E-state index contributed by atoms with van der Waals surface area (Å²) in [5.74, 6) is 0.856. The quantitative estimate of drug-likeness (QED) is 0.742. The summed E-state index contributed by atoms with van der Waals surface area (Å²) in [5.41, 5.74) is 5.36. The molecule has 0 atom stereocenters. The topological polar surface area (TPSA) is 67.1 Å². The van der Waals surface area contributed by atoms with Crippen molar-refractivity contribution < 1.29 is 14.6 Å². The van der Waals surface area contributed by atoms with E-state index in [4.69, 9.17) is 9.84 Å². The number of fused-ring (bicyclic) bond motifs is 1. The monoisotopic (exact) mass is 377 g/mol. The van der Waals surface area contributed by atoms with Crippen LogP contribution in [-0.4, -0.2) is 51.6 Å². The zero-order valence-electron chi connectivity index (χ0n) is 15.8. The van der Waals surface area contributed by atoms with Gasteiger partial charge in [0.05, 0.1) is 18.5 Å². The molecule has 6 heteroatoms. The lowest BCUT2D eigenvalue weighted by Gasteiger charge is -2.25. The highest BCUT2D eigenvalue weighted by atomic mass is 16.5. The van der Waals surface area contributed by atoms with Gasteiger partial charge in [-0.2, -0.15) is 0 Å². The van der Waals surface area contributed by atoms with Crippen LogP contribution >= 0.6 is 0 Å². The smallest absolute Gasteiger partial charge is 0.219 e. The third-order valence-electron chi connectivity index (χ3n) is 5.05. The van der Waals surface area contributed by atoms with Crippen LogP contribution in [0.3, 0.4) is 0 Å². The Morgan fingerprint density at radius 2 is 2.04 bits per heavy atom. The molecule has 3 heterocycles. The average Bonchev–Trinajstić information content (AvgIpc) is 3.16. The SMILES string of the molecule is CC(=O)N1CC=C(c2ccn3c(-c4ccc(OCCO)cc4)cnc3c2)CC1. The van der Waals surface area contributed by atoms with E-state index in [1.54, 1.807) is 6.92 Å². The van der Waals surface area contributed by atoms with Crippen LogP contribution in [0.5, 0.6) is 5.75 Å². The van der Waals surface area contributed by atoms with Crippen LogP contribution in [0.4, 0.5) is 0 Å². The second kappa shape index (κ2) is 7.86. The number of benzene rings is 1. The van der Waals surface area contributed by atoms with Gasteiger partial charge in [0.15, 0.2) is 0 Å². The van der Waals surface area contributed by atoms with Crippen LogP contribution in [0.25, 0.3) is 22.5 Å². The van der Waals surface area contributed by atoms with E-state index in [-0.39, 0.29) is 19.1 Å². The highest BCUT2D eigenvalue weighted by Gasteiger charge is 2.15. The molecule has 1 aliphatic heterocycles. The Labute approximate surface area is 163 Å². The van der Waals surface area contributed by atoms with Crippen LogP contribution in [0.1, 0.15) is 18.9 Å². The fraction of sp³-hybridized carbons (Fsp3) is 0.273.